The van der Waals surface area contributed by atoms with Gasteiger partial charge in [0.05, 0.1) is 0 Å². The Labute approximate surface area is 221 Å². The van der Waals surface area contributed by atoms with Gasteiger partial charge in [-0.2, -0.15) is 0 Å². The third-order valence-corrected chi connectivity index (χ3v) is 9.83. The summed E-state index contributed by atoms with van der Waals surface area (Å²) in [4.78, 5) is 0. The Morgan fingerprint density at radius 3 is 1.53 bits per heavy atom. The van der Waals surface area contributed by atoms with E-state index in [1.807, 2.05) is 0 Å². The largest absolute Gasteiger partial charge is 0.399 e. The number of hydrogen-bond donors (Lipinski definition) is 2. The summed E-state index contributed by atoms with van der Waals surface area (Å²) in [6.45, 7) is 2.30. The molecule has 0 radical (unpaired) electrons. The molecule has 0 aromatic heterocycles. The molecule has 2 aliphatic carbocycles. The van der Waals surface area contributed by atoms with Crippen LogP contribution in [0.1, 0.15) is 127 Å². The molecule has 0 aliphatic heterocycles. The molecule has 0 atom stereocenters. The SMILES string of the molecule is CCCCCCCCCCC1CCC(C2CCC(c3ccc(N)cc3)(c3ccc(N)cc3)CC2)CC1. The van der Waals surface area contributed by atoms with Gasteiger partial charge in [-0.25, -0.2) is 0 Å². The molecule has 2 heteroatoms. The molecule has 4 N–H and O–H groups in total. The van der Waals surface area contributed by atoms with Crippen LogP contribution in [0.3, 0.4) is 0 Å². The zero-order valence-corrected chi connectivity index (χ0v) is 23.0. The summed E-state index contributed by atoms with van der Waals surface area (Å²) in [5.41, 5.74) is 16.7. The molecule has 4 rings (SSSR count). The lowest BCUT2D eigenvalue weighted by atomic mass is 9.60. The van der Waals surface area contributed by atoms with Crippen LogP contribution in [0.2, 0.25) is 0 Å². The van der Waals surface area contributed by atoms with E-state index < -0.39 is 0 Å². The van der Waals surface area contributed by atoms with E-state index in [0.717, 1.165) is 29.1 Å². The summed E-state index contributed by atoms with van der Waals surface area (Å²) in [5, 5.41) is 0. The van der Waals surface area contributed by atoms with E-state index in [2.05, 4.69) is 55.5 Å². The average Bonchev–Trinajstić information content (AvgIpc) is 2.91. The van der Waals surface area contributed by atoms with Crippen LogP contribution in [0, 0.1) is 17.8 Å². The van der Waals surface area contributed by atoms with Gasteiger partial charge in [0.15, 0.2) is 0 Å². The van der Waals surface area contributed by atoms with Crippen molar-refractivity contribution in [3.63, 3.8) is 0 Å². The Bertz CT molecular complexity index is 821. The van der Waals surface area contributed by atoms with Gasteiger partial charge in [-0.15, -0.1) is 0 Å². The minimum absolute atomic E-state index is 0.103. The predicted molar refractivity (Wildman–Crippen MR) is 157 cm³/mol. The molecule has 0 amide bonds. The minimum atomic E-state index is 0.103. The lowest BCUT2D eigenvalue weighted by Crippen LogP contribution is -2.36. The molecule has 0 heterocycles. The smallest absolute Gasteiger partial charge is 0.0314 e. The van der Waals surface area contributed by atoms with E-state index in [0.29, 0.717) is 0 Å². The summed E-state index contributed by atoms with van der Waals surface area (Å²) in [6.07, 6.45) is 24.1. The van der Waals surface area contributed by atoms with Gasteiger partial charge in [0.2, 0.25) is 0 Å². The molecule has 0 saturated heterocycles. The van der Waals surface area contributed by atoms with Crippen molar-refractivity contribution >= 4 is 11.4 Å². The molecule has 2 aromatic carbocycles. The molecule has 36 heavy (non-hydrogen) atoms. The second kappa shape index (κ2) is 13.5. The van der Waals surface area contributed by atoms with Crippen LogP contribution >= 0.6 is 0 Å². The van der Waals surface area contributed by atoms with Crippen LogP contribution in [0.5, 0.6) is 0 Å². The van der Waals surface area contributed by atoms with Crippen molar-refractivity contribution in [1.29, 1.82) is 0 Å². The molecule has 0 spiro atoms. The maximum atomic E-state index is 6.04. The summed E-state index contributed by atoms with van der Waals surface area (Å²) < 4.78 is 0. The number of benzene rings is 2. The standard InChI is InChI=1S/C34H52N2/c1-2-3-4-5-6-7-8-9-10-27-11-13-28(14-12-27)29-23-25-34(26-24-29,30-15-19-32(35)20-16-30)31-17-21-33(36)22-18-31/h15-22,27-29H,2-14,23-26,35-36H2,1H3. The average molecular weight is 489 g/mol. The second-order valence-corrected chi connectivity index (χ2v) is 12.2. The van der Waals surface area contributed by atoms with E-state index in [-0.39, 0.29) is 5.41 Å². The minimum Gasteiger partial charge on any atom is -0.399 e. The Morgan fingerprint density at radius 2 is 1.03 bits per heavy atom. The van der Waals surface area contributed by atoms with Gasteiger partial charge in [0.1, 0.15) is 0 Å². The first-order chi connectivity index (χ1) is 17.6. The van der Waals surface area contributed by atoms with Crippen molar-refractivity contribution in [1.82, 2.24) is 0 Å². The fourth-order valence-corrected chi connectivity index (χ4v) is 7.47. The molecule has 0 unspecified atom stereocenters. The maximum absolute atomic E-state index is 6.04. The van der Waals surface area contributed by atoms with Crippen LogP contribution < -0.4 is 11.5 Å². The zero-order chi connectivity index (χ0) is 25.2. The van der Waals surface area contributed by atoms with E-state index in [1.54, 1.807) is 0 Å². The zero-order valence-electron chi connectivity index (χ0n) is 23.0. The van der Waals surface area contributed by atoms with Crippen molar-refractivity contribution in [3.05, 3.63) is 59.7 Å². The van der Waals surface area contributed by atoms with Crippen LogP contribution in [-0.4, -0.2) is 0 Å². The Morgan fingerprint density at radius 1 is 0.583 bits per heavy atom. The molecule has 2 nitrogen and oxygen atoms in total. The highest BCUT2D eigenvalue weighted by atomic mass is 14.6. The lowest BCUT2D eigenvalue weighted by molar-refractivity contribution is 0.140. The van der Waals surface area contributed by atoms with Crippen molar-refractivity contribution in [2.75, 3.05) is 11.5 Å². The summed E-state index contributed by atoms with van der Waals surface area (Å²) in [6, 6.07) is 17.4. The van der Waals surface area contributed by atoms with Gasteiger partial charge < -0.3 is 11.5 Å². The third kappa shape index (κ3) is 7.08. The maximum Gasteiger partial charge on any atom is 0.0314 e. The molecular weight excluding hydrogens is 436 g/mol. The Hall–Kier alpha value is -1.96. The Kier molecular flexibility index (Phi) is 10.2. The number of nitrogen functional groups attached to an aromatic ring is 2. The monoisotopic (exact) mass is 488 g/mol. The number of anilines is 2. The van der Waals surface area contributed by atoms with Crippen molar-refractivity contribution < 1.29 is 0 Å². The fourth-order valence-electron chi connectivity index (χ4n) is 7.47. The predicted octanol–water partition coefficient (Wildman–Crippen LogP) is 9.66. The molecule has 198 valence electrons. The first-order valence-corrected chi connectivity index (χ1v) is 15.3. The second-order valence-electron chi connectivity index (χ2n) is 12.2. The molecule has 2 aromatic rings. The first-order valence-electron chi connectivity index (χ1n) is 15.3. The summed E-state index contributed by atoms with van der Waals surface area (Å²) in [7, 11) is 0. The van der Waals surface area contributed by atoms with Crippen molar-refractivity contribution in [2.45, 2.75) is 121 Å². The van der Waals surface area contributed by atoms with E-state index in [4.69, 9.17) is 11.5 Å². The van der Waals surface area contributed by atoms with Gasteiger partial charge in [-0.05, 0) is 91.7 Å². The summed E-state index contributed by atoms with van der Waals surface area (Å²) in [5.74, 6) is 2.87. The van der Waals surface area contributed by atoms with Crippen molar-refractivity contribution in [3.8, 4) is 0 Å². The first kappa shape index (κ1) is 27.1. The summed E-state index contributed by atoms with van der Waals surface area (Å²) >= 11 is 0. The third-order valence-electron chi connectivity index (χ3n) is 9.83. The molecule has 2 saturated carbocycles. The molecule has 0 bridgehead atoms. The van der Waals surface area contributed by atoms with Crippen LogP contribution in [0.4, 0.5) is 11.4 Å². The quantitative estimate of drug-likeness (QED) is 0.231. The van der Waals surface area contributed by atoms with Crippen molar-refractivity contribution in [2.24, 2.45) is 17.8 Å². The van der Waals surface area contributed by atoms with E-state index in [1.165, 1.54) is 120 Å². The van der Waals surface area contributed by atoms with Gasteiger partial charge in [-0.3, -0.25) is 0 Å². The number of nitrogens with two attached hydrogens (primary N) is 2. The molecule has 2 aliphatic rings. The highest BCUT2D eigenvalue weighted by Crippen LogP contribution is 2.50. The van der Waals surface area contributed by atoms with Crippen LogP contribution in [-0.2, 0) is 5.41 Å². The number of unbranched alkanes of at least 4 members (excludes halogenated alkanes) is 7. The van der Waals surface area contributed by atoms with E-state index >= 15 is 0 Å². The number of hydrogen-bond acceptors (Lipinski definition) is 2. The van der Waals surface area contributed by atoms with Gasteiger partial charge >= 0.3 is 0 Å². The topological polar surface area (TPSA) is 52.0 Å². The lowest BCUT2D eigenvalue weighted by Gasteiger charge is -2.44. The molecule has 2 fully saturated rings. The number of rotatable bonds is 12. The van der Waals surface area contributed by atoms with Crippen LogP contribution in [0.15, 0.2) is 48.5 Å². The van der Waals surface area contributed by atoms with Gasteiger partial charge in [-0.1, -0.05) is 102 Å². The normalized spacial score (nSPS) is 22.5. The van der Waals surface area contributed by atoms with Gasteiger partial charge in [0.25, 0.3) is 0 Å². The molecular formula is C34H52N2. The van der Waals surface area contributed by atoms with E-state index in [9.17, 15) is 0 Å². The Balaban J connectivity index is 1.25. The highest BCUT2D eigenvalue weighted by Gasteiger charge is 2.40. The fraction of sp³-hybridized carbons (Fsp3) is 0.647. The van der Waals surface area contributed by atoms with Gasteiger partial charge in [0, 0.05) is 16.8 Å². The van der Waals surface area contributed by atoms with Crippen LogP contribution in [0.25, 0.3) is 0 Å². The highest BCUT2D eigenvalue weighted by molar-refractivity contribution is 5.49.